The van der Waals surface area contributed by atoms with Gasteiger partial charge in [-0.3, -0.25) is 9.69 Å². The van der Waals surface area contributed by atoms with Crippen LogP contribution in [0.15, 0.2) is 42.5 Å². The summed E-state index contributed by atoms with van der Waals surface area (Å²) in [6.45, 7) is 4.39. The second kappa shape index (κ2) is 9.81. The van der Waals surface area contributed by atoms with E-state index in [1.54, 1.807) is 27.0 Å². The summed E-state index contributed by atoms with van der Waals surface area (Å²) in [5.74, 6) is -0.0479. The van der Waals surface area contributed by atoms with Crippen molar-refractivity contribution in [2.75, 3.05) is 33.5 Å². The Morgan fingerprint density at radius 2 is 1.82 bits per heavy atom. The maximum Gasteiger partial charge on any atom is 0.309 e. The van der Waals surface area contributed by atoms with Gasteiger partial charge in [-0.05, 0) is 49.2 Å². The molecule has 2 aliphatic rings. The molecule has 2 aromatic carbocycles. The fraction of sp³-hybridized carbons (Fsp3) is 0.458. The van der Waals surface area contributed by atoms with Crippen LogP contribution in [0.5, 0.6) is 17.2 Å². The number of carboxylic acids is 1. The van der Waals surface area contributed by atoms with Crippen molar-refractivity contribution in [1.82, 2.24) is 9.62 Å². The van der Waals surface area contributed by atoms with Gasteiger partial charge in [-0.2, -0.15) is 0 Å². The first-order valence-corrected chi connectivity index (χ1v) is 12.7. The number of aliphatic carboxylic acids is 1. The van der Waals surface area contributed by atoms with Crippen LogP contribution < -0.4 is 18.9 Å². The first kappa shape index (κ1) is 24.3. The molecule has 2 heterocycles. The van der Waals surface area contributed by atoms with Crippen LogP contribution in [-0.2, 0) is 14.8 Å². The SMILES string of the molecule is COc1ccc([C@@H]2[C@@H](C(=O)O)C(c3ccc4c(c3)OCO4)CN2CCNS(=O)(=O)C(C)C)cc1. The number of methoxy groups -OCH3 is 1. The molecule has 1 unspecified atom stereocenters. The molecule has 10 heteroatoms. The molecule has 0 bridgehead atoms. The summed E-state index contributed by atoms with van der Waals surface area (Å²) < 4.78 is 43.3. The summed E-state index contributed by atoms with van der Waals surface area (Å²) in [5, 5.41) is 9.75. The van der Waals surface area contributed by atoms with Gasteiger partial charge in [-0.25, -0.2) is 13.1 Å². The lowest BCUT2D eigenvalue weighted by molar-refractivity contribution is -0.143. The minimum absolute atomic E-state index is 0.141. The summed E-state index contributed by atoms with van der Waals surface area (Å²) in [5.41, 5.74) is 1.68. The molecule has 4 rings (SSSR count). The largest absolute Gasteiger partial charge is 0.497 e. The number of likely N-dealkylation sites (tertiary alicyclic amines) is 1. The zero-order valence-corrected chi connectivity index (χ0v) is 20.2. The number of hydrogen-bond acceptors (Lipinski definition) is 7. The number of benzene rings is 2. The van der Waals surface area contributed by atoms with Gasteiger partial charge in [-0.1, -0.05) is 18.2 Å². The van der Waals surface area contributed by atoms with E-state index in [4.69, 9.17) is 14.2 Å². The number of ether oxygens (including phenoxy) is 3. The van der Waals surface area contributed by atoms with Gasteiger partial charge < -0.3 is 19.3 Å². The van der Waals surface area contributed by atoms with Crippen molar-refractivity contribution in [3.8, 4) is 17.2 Å². The first-order chi connectivity index (χ1) is 16.2. The third-order valence-electron chi connectivity index (χ3n) is 6.49. The molecule has 0 aliphatic carbocycles. The number of carboxylic acid groups (broad SMARTS) is 1. The molecular formula is C24H30N2O7S. The molecule has 0 saturated carbocycles. The number of sulfonamides is 1. The van der Waals surface area contributed by atoms with Crippen molar-refractivity contribution < 1.29 is 32.5 Å². The summed E-state index contributed by atoms with van der Waals surface area (Å²) >= 11 is 0. The van der Waals surface area contributed by atoms with Crippen LogP contribution in [0.2, 0.25) is 0 Å². The topological polar surface area (TPSA) is 114 Å². The van der Waals surface area contributed by atoms with Crippen molar-refractivity contribution >= 4 is 16.0 Å². The van der Waals surface area contributed by atoms with Gasteiger partial charge in [0.15, 0.2) is 11.5 Å². The Hall–Kier alpha value is -2.82. The molecule has 0 radical (unpaired) electrons. The Labute approximate surface area is 199 Å². The van der Waals surface area contributed by atoms with E-state index in [1.807, 2.05) is 41.3 Å². The molecule has 34 heavy (non-hydrogen) atoms. The van der Waals surface area contributed by atoms with Gasteiger partial charge in [0.25, 0.3) is 0 Å². The van der Waals surface area contributed by atoms with E-state index in [-0.39, 0.29) is 19.3 Å². The molecule has 3 atom stereocenters. The van der Waals surface area contributed by atoms with Gasteiger partial charge >= 0.3 is 5.97 Å². The van der Waals surface area contributed by atoms with Gasteiger partial charge in [0.05, 0.1) is 18.3 Å². The van der Waals surface area contributed by atoms with Crippen LogP contribution in [-0.4, -0.2) is 63.2 Å². The van der Waals surface area contributed by atoms with E-state index in [0.29, 0.717) is 30.3 Å². The van der Waals surface area contributed by atoms with Gasteiger partial charge in [0, 0.05) is 31.6 Å². The number of fused-ring (bicyclic) bond motifs is 1. The minimum atomic E-state index is -3.42. The highest BCUT2D eigenvalue weighted by Crippen LogP contribution is 2.47. The molecule has 2 aliphatic heterocycles. The summed E-state index contributed by atoms with van der Waals surface area (Å²) in [6, 6.07) is 12.4. The van der Waals surface area contributed by atoms with Crippen molar-refractivity contribution in [3.63, 3.8) is 0 Å². The van der Waals surface area contributed by atoms with Crippen LogP contribution in [0.25, 0.3) is 0 Å². The van der Waals surface area contributed by atoms with Crippen molar-refractivity contribution in [3.05, 3.63) is 53.6 Å². The van der Waals surface area contributed by atoms with Crippen molar-refractivity contribution in [2.24, 2.45) is 5.92 Å². The molecule has 1 saturated heterocycles. The molecule has 0 spiro atoms. The quantitative estimate of drug-likeness (QED) is 0.551. The molecule has 1 fully saturated rings. The molecule has 9 nitrogen and oxygen atoms in total. The Kier molecular flexibility index (Phi) is 7.01. The zero-order chi connectivity index (χ0) is 24.5. The molecule has 0 aromatic heterocycles. The summed E-state index contributed by atoms with van der Waals surface area (Å²) in [7, 11) is -1.85. The van der Waals surface area contributed by atoms with Crippen molar-refractivity contribution in [2.45, 2.75) is 31.1 Å². The molecular weight excluding hydrogens is 460 g/mol. The van der Waals surface area contributed by atoms with E-state index >= 15 is 0 Å². The number of carbonyl (C=O) groups is 1. The predicted octanol–water partition coefficient (Wildman–Crippen LogP) is 2.59. The maximum atomic E-state index is 12.6. The molecule has 0 amide bonds. The number of nitrogens with one attached hydrogen (secondary N) is 1. The van der Waals surface area contributed by atoms with E-state index in [9.17, 15) is 18.3 Å². The second-order valence-electron chi connectivity index (χ2n) is 8.78. The molecule has 2 N–H and O–H groups in total. The van der Waals surface area contributed by atoms with Crippen molar-refractivity contribution in [1.29, 1.82) is 0 Å². The highest BCUT2D eigenvalue weighted by atomic mass is 32.2. The normalized spacial score (nSPS) is 22.3. The summed E-state index contributed by atoms with van der Waals surface area (Å²) in [4.78, 5) is 14.6. The minimum Gasteiger partial charge on any atom is -0.497 e. The third-order valence-corrected chi connectivity index (χ3v) is 8.34. The van der Waals surface area contributed by atoms with Gasteiger partial charge in [-0.15, -0.1) is 0 Å². The monoisotopic (exact) mass is 490 g/mol. The zero-order valence-electron chi connectivity index (χ0n) is 19.4. The predicted molar refractivity (Wildman–Crippen MR) is 126 cm³/mol. The van der Waals surface area contributed by atoms with Crippen LogP contribution in [0.4, 0.5) is 0 Å². The van der Waals surface area contributed by atoms with Crippen LogP contribution in [0.3, 0.4) is 0 Å². The molecule has 184 valence electrons. The van der Waals surface area contributed by atoms with E-state index in [1.165, 1.54) is 0 Å². The highest BCUT2D eigenvalue weighted by Gasteiger charge is 2.47. The fourth-order valence-electron chi connectivity index (χ4n) is 4.64. The van der Waals surface area contributed by atoms with E-state index in [2.05, 4.69) is 4.72 Å². The Morgan fingerprint density at radius 3 is 2.47 bits per heavy atom. The Bertz CT molecular complexity index is 1130. The van der Waals surface area contributed by atoms with E-state index in [0.717, 1.165) is 11.1 Å². The fourth-order valence-corrected chi connectivity index (χ4v) is 5.35. The van der Waals surface area contributed by atoms with Gasteiger partial charge in [0.1, 0.15) is 5.75 Å². The first-order valence-electron chi connectivity index (χ1n) is 11.2. The molecule has 2 aromatic rings. The lowest BCUT2D eigenvalue weighted by Gasteiger charge is -2.27. The Balaban J connectivity index is 1.66. The lowest BCUT2D eigenvalue weighted by Crippen LogP contribution is -2.38. The maximum absolute atomic E-state index is 12.6. The Morgan fingerprint density at radius 1 is 1.15 bits per heavy atom. The van der Waals surface area contributed by atoms with Gasteiger partial charge in [0.2, 0.25) is 16.8 Å². The number of nitrogens with zero attached hydrogens (tertiary/aromatic N) is 1. The average Bonchev–Trinajstić information content (AvgIpc) is 3.43. The number of hydrogen-bond donors (Lipinski definition) is 2. The average molecular weight is 491 g/mol. The van der Waals surface area contributed by atoms with Crippen LogP contribution in [0.1, 0.15) is 36.9 Å². The van der Waals surface area contributed by atoms with E-state index < -0.39 is 33.2 Å². The number of rotatable bonds is 9. The second-order valence-corrected chi connectivity index (χ2v) is 11.1. The summed E-state index contributed by atoms with van der Waals surface area (Å²) in [6.07, 6.45) is 0. The smallest absolute Gasteiger partial charge is 0.309 e. The standard InChI is InChI=1S/C24H30N2O7S/c1-15(2)34(29,30)25-10-11-26-13-19(17-6-9-20-21(12-17)33-14-32-20)22(24(27)28)23(26)16-4-7-18(31-3)8-5-16/h4-9,12,15,19,22-23,25H,10-11,13-14H2,1-3H3,(H,27,28)/t19?,22-,23+/m0/s1. The third kappa shape index (κ3) is 4.84. The lowest BCUT2D eigenvalue weighted by atomic mass is 9.82. The van der Waals surface area contributed by atoms with Crippen LogP contribution in [0, 0.1) is 5.92 Å². The highest BCUT2D eigenvalue weighted by molar-refractivity contribution is 7.90. The van der Waals surface area contributed by atoms with Crippen LogP contribution >= 0.6 is 0 Å².